The summed E-state index contributed by atoms with van der Waals surface area (Å²) in [7, 11) is 3.16. The van der Waals surface area contributed by atoms with Crippen LogP contribution in [0, 0.1) is 0 Å². The van der Waals surface area contributed by atoms with E-state index in [2.05, 4.69) is 0 Å². The van der Waals surface area contributed by atoms with Crippen molar-refractivity contribution in [3.63, 3.8) is 0 Å². The molecule has 0 saturated carbocycles. The van der Waals surface area contributed by atoms with E-state index in [4.69, 9.17) is 18.9 Å². The Kier molecular flexibility index (Phi) is 2.69. The molecule has 0 bridgehead atoms. The summed E-state index contributed by atoms with van der Waals surface area (Å²) in [5.41, 5.74) is 1.62. The minimum absolute atomic E-state index is 0.415. The number of aliphatic hydroxyl groups excluding tert-OH is 1. The van der Waals surface area contributed by atoms with E-state index in [0.717, 1.165) is 11.1 Å². The molecule has 5 nitrogen and oxygen atoms in total. The molecule has 5 heteroatoms. The summed E-state index contributed by atoms with van der Waals surface area (Å²) < 4.78 is 21.9. The molecular weight excluding hydrogens is 236 g/mol. The van der Waals surface area contributed by atoms with Crippen molar-refractivity contribution in [3.05, 3.63) is 23.3 Å². The molecule has 1 aliphatic carbocycles. The van der Waals surface area contributed by atoms with Crippen LogP contribution in [0.3, 0.4) is 0 Å². The second-order valence-corrected chi connectivity index (χ2v) is 4.46. The van der Waals surface area contributed by atoms with Crippen LogP contribution in [0.2, 0.25) is 0 Å². The van der Waals surface area contributed by atoms with Gasteiger partial charge in [0.05, 0.1) is 33.5 Å². The van der Waals surface area contributed by atoms with Crippen LogP contribution >= 0.6 is 0 Å². The van der Waals surface area contributed by atoms with Gasteiger partial charge in [-0.15, -0.1) is 0 Å². The maximum atomic E-state index is 10.1. The monoisotopic (exact) mass is 252 g/mol. The summed E-state index contributed by atoms with van der Waals surface area (Å²) in [6.07, 6.45) is -0.184. The van der Waals surface area contributed by atoms with E-state index in [1.54, 1.807) is 20.3 Å². The smallest absolute Gasteiger partial charge is 0.198 e. The van der Waals surface area contributed by atoms with Crippen molar-refractivity contribution in [3.8, 4) is 11.5 Å². The number of aliphatic hydroxyl groups is 1. The SMILES string of the molecule is COc1cc2c(cc1OC)C1(CC2O)OCCO1. The van der Waals surface area contributed by atoms with Gasteiger partial charge in [0, 0.05) is 12.0 Å². The van der Waals surface area contributed by atoms with Gasteiger partial charge in [-0.2, -0.15) is 0 Å². The third-order valence-electron chi connectivity index (χ3n) is 3.54. The molecule has 1 aromatic carbocycles. The summed E-state index contributed by atoms with van der Waals surface area (Å²) in [4.78, 5) is 0. The Morgan fingerprint density at radius 3 is 2.39 bits per heavy atom. The highest BCUT2D eigenvalue weighted by Crippen LogP contribution is 2.51. The van der Waals surface area contributed by atoms with Crippen LogP contribution in [0.4, 0.5) is 0 Å². The molecule has 0 aromatic heterocycles. The first-order valence-electron chi connectivity index (χ1n) is 5.92. The second kappa shape index (κ2) is 4.12. The van der Waals surface area contributed by atoms with Crippen molar-refractivity contribution >= 4 is 0 Å². The lowest BCUT2D eigenvalue weighted by Gasteiger charge is -2.23. The maximum absolute atomic E-state index is 10.1. The zero-order valence-electron chi connectivity index (χ0n) is 10.4. The van der Waals surface area contributed by atoms with Crippen LogP contribution in [0.15, 0.2) is 12.1 Å². The average molecular weight is 252 g/mol. The van der Waals surface area contributed by atoms with E-state index in [1.807, 2.05) is 6.07 Å². The van der Waals surface area contributed by atoms with Gasteiger partial charge in [-0.3, -0.25) is 0 Å². The third kappa shape index (κ3) is 1.51. The second-order valence-electron chi connectivity index (χ2n) is 4.46. The fourth-order valence-corrected chi connectivity index (χ4v) is 2.70. The predicted octanol–water partition coefficient (Wildman–Crippen LogP) is 1.34. The van der Waals surface area contributed by atoms with Crippen LogP contribution in [-0.4, -0.2) is 32.5 Å². The van der Waals surface area contributed by atoms with Crippen LogP contribution in [0.25, 0.3) is 0 Å². The fraction of sp³-hybridized carbons (Fsp3) is 0.538. The standard InChI is InChI=1S/C13H16O5/c1-15-11-5-8-9(6-12(11)16-2)13(7-10(8)14)17-3-4-18-13/h5-6,10,14H,3-4,7H2,1-2H3. The molecule has 1 fully saturated rings. The lowest BCUT2D eigenvalue weighted by molar-refractivity contribution is -0.174. The molecule has 0 radical (unpaired) electrons. The van der Waals surface area contributed by atoms with Crippen molar-refractivity contribution in [1.82, 2.24) is 0 Å². The molecule has 2 aliphatic rings. The summed E-state index contributed by atoms with van der Waals surface area (Å²) >= 11 is 0. The number of methoxy groups -OCH3 is 2. The molecule has 98 valence electrons. The Bertz CT molecular complexity index is 465. The number of rotatable bonds is 2. The van der Waals surface area contributed by atoms with Crippen LogP contribution in [0.1, 0.15) is 23.7 Å². The van der Waals surface area contributed by atoms with Crippen molar-refractivity contribution in [2.45, 2.75) is 18.3 Å². The van der Waals surface area contributed by atoms with Gasteiger partial charge in [0.25, 0.3) is 0 Å². The maximum Gasteiger partial charge on any atom is 0.198 e. The minimum Gasteiger partial charge on any atom is -0.493 e. The molecule has 1 aliphatic heterocycles. The summed E-state index contributed by atoms with van der Waals surface area (Å²) in [6, 6.07) is 3.62. The highest BCUT2D eigenvalue weighted by atomic mass is 16.7. The zero-order chi connectivity index (χ0) is 12.8. The van der Waals surface area contributed by atoms with Gasteiger partial charge in [-0.1, -0.05) is 0 Å². The number of fused-ring (bicyclic) bond motifs is 2. The van der Waals surface area contributed by atoms with Crippen molar-refractivity contribution < 1.29 is 24.1 Å². The number of benzene rings is 1. The normalized spacial score (nSPS) is 24.3. The van der Waals surface area contributed by atoms with Gasteiger partial charge >= 0.3 is 0 Å². The first-order valence-corrected chi connectivity index (χ1v) is 5.92. The molecule has 1 unspecified atom stereocenters. The van der Waals surface area contributed by atoms with Gasteiger partial charge in [0.1, 0.15) is 0 Å². The molecule has 1 aromatic rings. The average Bonchev–Trinajstić information content (AvgIpc) is 2.95. The Morgan fingerprint density at radius 1 is 1.17 bits per heavy atom. The van der Waals surface area contributed by atoms with Gasteiger partial charge < -0.3 is 24.1 Å². The van der Waals surface area contributed by atoms with Crippen LogP contribution in [0.5, 0.6) is 11.5 Å². The summed E-state index contributed by atoms with van der Waals surface area (Å²) in [5.74, 6) is 0.406. The Labute approximate surface area is 105 Å². The molecule has 1 heterocycles. The Morgan fingerprint density at radius 2 is 1.78 bits per heavy atom. The zero-order valence-corrected chi connectivity index (χ0v) is 10.4. The van der Waals surface area contributed by atoms with E-state index in [9.17, 15) is 5.11 Å². The van der Waals surface area contributed by atoms with E-state index in [0.29, 0.717) is 31.1 Å². The quantitative estimate of drug-likeness (QED) is 0.860. The van der Waals surface area contributed by atoms with Crippen LogP contribution < -0.4 is 9.47 Å². The molecule has 1 saturated heterocycles. The molecule has 0 amide bonds. The van der Waals surface area contributed by atoms with Gasteiger partial charge in [0.2, 0.25) is 0 Å². The Hall–Kier alpha value is -1.30. The highest BCUT2D eigenvalue weighted by Gasteiger charge is 2.48. The first kappa shape index (κ1) is 11.8. The largest absolute Gasteiger partial charge is 0.493 e. The van der Waals surface area contributed by atoms with Crippen molar-refractivity contribution in [2.75, 3.05) is 27.4 Å². The molecular formula is C13H16O5. The topological polar surface area (TPSA) is 57.2 Å². The first-order chi connectivity index (χ1) is 8.70. The number of hydrogen-bond donors (Lipinski definition) is 1. The van der Waals surface area contributed by atoms with E-state index < -0.39 is 11.9 Å². The number of ether oxygens (including phenoxy) is 4. The molecule has 3 rings (SSSR count). The molecule has 1 N–H and O–H groups in total. The van der Waals surface area contributed by atoms with E-state index in [1.165, 1.54) is 0 Å². The molecule has 1 atom stereocenters. The van der Waals surface area contributed by atoms with Gasteiger partial charge in [-0.05, 0) is 17.7 Å². The van der Waals surface area contributed by atoms with Gasteiger partial charge in [-0.25, -0.2) is 0 Å². The van der Waals surface area contributed by atoms with Crippen LogP contribution in [-0.2, 0) is 15.3 Å². The lowest BCUT2D eigenvalue weighted by atomic mass is 10.1. The summed E-state index contributed by atoms with van der Waals surface area (Å²) in [5, 5.41) is 10.1. The molecule has 18 heavy (non-hydrogen) atoms. The third-order valence-corrected chi connectivity index (χ3v) is 3.54. The van der Waals surface area contributed by atoms with E-state index >= 15 is 0 Å². The lowest BCUT2D eigenvalue weighted by Crippen LogP contribution is -2.23. The number of hydrogen-bond acceptors (Lipinski definition) is 5. The fourth-order valence-electron chi connectivity index (χ4n) is 2.70. The van der Waals surface area contributed by atoms with Crippen molar-refractivity contribution in [1.29, 1.82) is 0 Å². The summed E-state index contributed by atoms with van der Waals surface area (Å²) in [6.45, 7) is 1.08. The van der Waals surface area contributed by atoms with Gasteiger partial charge in [0.15, 0.2) is 17.3 Å². The molecule has 1 spiro atoms. The Balaban J connectivity index is 2.13. The van der Waals surface area contributed by atoms with Crippen molar-refractivity contribution in [2.24, 2.45) is 0 Å². The highest BCUT2D eigenvalue weighted by molar-refractivity contribution is 5.52. The predicted molar refractivity (Wildman–Crippen MR) is 62.7 cm³/mol. The minimum atomic E-state index is -0.811. The van der Waals surface area contributed by atoms with E-state index in [-0.39, 0.29) is 0 Å².